The van der Waals surface area contributed by atoms with Gasteiger partial charge in [0.05, 0.1) is 13.2 Å². The number of phosphoric ester groups is 1. The summed E-state index contributed by atoms with van der Waals surface area (Å²) < 4.78 is 34.0. The van der Waals surface area contributed by atoms with Crippen molar-refractivity contribution in [3.8, 4) is 0 Å². The van der Waals surface area contributed by atoms with Crippen LogP contribution in [0, 0.1) is 0 Å². The molecule has 0 aromatic carbocycles. The van der Waals surface area contributed by atoms with Crippen LogP contribution in [0.5, 0.6) is 0 Å². The molecule has 1 aliphatic rings. The Morgan fingerprint density at radius 1 is 0.579 bits per heavy atom. The van der Waals surface area contributed by atoms with Gasteiger partial charge in [0.1, 0.15) is 42.7 Å². The molecule has 1 rings (SSSR count). The second kappa shape index (κ2) is 34.9. The summed E-state index contributed by atoms with van der Waals surface area (Å²) in [5, 5.41) is 50.1. The van der Waals surface area contributed by atoms with Gasteiger partial charge < -0.3 is 39.9 Å². The maximum Gasteiger partial charge on any atom is 0.472 e. The molecule has 6 atom stereocenters. The standard InChI is InChI=1S/C44H77O12P/c1-3-5-7-9-11-13-15-17-19-20-21-23-25-27-29-31-33-38(45)55-37(35-53-34-32-30-28-26-24-22-18-16-14-12-10-8-6-4-2)36-54-57(51,52)56-44-42(49)40(47)39(46)41(48)43(44)50/h6,8,12,14,18-20,22,26,28,37,39-44,46-50H,3-5,7,9-11,13,15-17,21,23-25,27,29-36H2,1-2H3,(H,51,52)/b8-6-,14-12-,20-19-,22-18-,28-26-. The molecule has 1 fully saturated rings. The van der Waals surface area contributed by atoms with Crippen LogP contribution in [0.25, 0.3) is 0 Å². The van der Waals surface area contributed by atoms with Crippen LogP contribution >= 0.6 is 7.82 Å². The lowest BCUT2D eigenvalue weighted by Gasteiger charge is -2.41. The number of hydrogen-bond donors (Lipinski definition) is 6. The fourth-order valence-electron chi connectivity index (χ4n) is 6.18. The van der Waals surface area contributed by atoms with Gasteiger partial charge in [-0.3, -0.25) is 13.8 Å². The number of phosphoric acid groups is 1. The summed E-state index contributed by atoms with van der Waals surface area (Å²) in [6, 6.07) is 0. The van der Waals surface area contributed by atoms with Crippen molar-refractivity contribution in [3.05, 3.63) is 60.8 Å². The van der Waals surface area contributed by atoms with Crippen LogP contribution in [0.15, 0.2) is 60.8 Å². The lowest BCUT2D eigenvalue weighted by atomic mass is 9.85. The summed E-state index contributed by atoms with van der Waals surface area (Å²) >= 11 is 0. The Morgan fingerprint density at radius 2 is 1.04 bits per heavy atom. The summed E-state index contributed by atoms with van der Waals surface area (Å²) in [6.07, 6.45) is 30.2. The van der Waals surface area contributed by atoms with E-state index in [2.05, 4.69) is 74.6 Å². The highest BCUT2D eigenvalue weighted by molar-refractivity contribution is 7.47. The zero-order valence-corrected chi connectivity index (χ0v) is 35.8. The molecule has 6 unspecified atom stereocenters. The van der Waals surface area contributed by atoms with Crippen LogP contribution in [-0.4, -0.2) is 98.9 Å². The first kappa shape index (κ1) is 53.1. The van der Waals surface area contributed by atoms with Crippen LogP contribution in [0.3, 0.4) is 0 Å². The third-order valence-electron chi connectivity index (χ3n) is 9.62. The topological polar surface area (TPSA) is 192 Å². The molecule has 1 saturated carbocycles. The second-order valence-electron chi connectivity index (χ2n) is 14.8. The highest BCUT2D eigenvalue weighted by Crippen LogP contribution is 2.47. The average Bonchev–Trinajstić information content (AvgIpc) is 3.19. The Balaban J connectivity index is 2.48. The van der Waals surface area contributed by atoms with Gasteiger partial charge in [0, 0.05) is 13.0 Å². The fourth-order valence-corrected chi connectivity index (χ4v) is 7.15. The number of carbonyl (C=O) groups excluding carboxylic acids is 1. The predicted octanol–water partition coefficient (Wildman–Crippen LogP) is 8.25. The highest BCUT2D eigenvalue weighted by Gasteiger charge is 2.51. The molecule has 57 heavy (non-hydrogen) atoms. The molecule has 6 N–H and O–H groups in total. The van der Waals surface area contributed by atoms with E-state index in [0.29, 0.717) is 19.4 Å². The fraction of sp³-hybridized carbons (Fsp3) is 0.750. The van der Waals surface area contributed by atoms with E-state index in [1.165, 1.54) is 44.9 Å². The van der Waals surface area contributed by atoms with Crippen molar-refractivity contribution >= 4 is 13.8 Å². The van der Waals surface area contributed by atoms with Crippen LogP contribution in [-0.2, 0) is 27.9 Å². The lowest BCUT2D eigenvalue weighted by molar-refractivity contribution is -0.220. The van der Waals surface area contributed by atoms with Gasteiger partial charge >= 0.3 is 13.8 Å². The van der Waals surface area contributed by atoms with Crippen molar-refractivity contribution in [2.75, 3.05) is 19.8 Å². The lowest BCUT2D eigenvalue weighted by Crippen LogP contribution is -2.64. The summed E-state index contributed by atoms with van der Waals surface area (Å²) in [5.41, 5.74) is 0. The van der Waals surface area contributed by atoms with Gasteiger partial charge in [-0.25, -0.2) is 4.57 Å². The predicted molar refractivity (Wildman–Crippen MR) is 225 cm³/mol. The van der Waals surface area contributed by atoms with E-state index in [0.717, 1.165) is 70.6 Å². The molecule has 0 heterocycles. The van der Waals surface area contributed by atoms with Crippen molar-refractivity contribution in [1.82, 2.24) is 0 Å². The molecule has 12 nitrogen and oxygen atoms in total. The van der Waals surface area contributed by atoms with E-state index in [1.54, 1.807) is 0 Å². The molecular formula is C44H77O12P. The Kier molecular flexibility index (Phi) is 32.4. The van der Waals surface area contributed by atoms with E-state index in [1.807, 2.05) is 0 Å². The highest BCUT2D eigenvalue weighted by atomic mass is 31.2. The Morgan fingerprint density at radius 3 is 1.60 bits per heavy atom. The molecule has 0 aromatic heterocycles. The van der Waals surface area contributed by atoms with Crippen LogP contribution < -0.4 is 0 Å². The minimum Gasteiger partial charge on any atom is -0.457 e. The van der Waals surface area contributed by atoms with Gasteiger partial charge in [-0.1, -0.05) is 132 Å². The molecule has 13 heteroatoms. The zero-order chi connectivity index (χ0) is 42.0. The first-order chi connectivity index (χ1) is 27.5. The molecule has 0 saturated heterocycles. The molecule has 0 aromatic rings. The number of ether oxygens (including phenoxy) is 2. The summed E-state index contributed by atoms with van der Waals surface area (Å²) in [6.45, 7) is 3.97. The first-order valence-electron chi connectivity index (χ1n) is 21.6. The van der Waals surface area contributed by atoms with Gasteiger partial charge in [-0.05, 0) is 70.6 Å². The van der Waals surface area contributed by atoms with Crippen molar-refractivity contribution in [2.45, 2.75) is 191 Å². The maximum atomic E-state index is 12.8. The number of aliphatic hydroxyl groups is 5. The quantitative estimate of drug-likeness (QED) is 0.0155. The van der Waals surface area contributed by atoms with Crippen molar-refractivity contribution in [2.24, 2.45) is 0 Å². The molecule has 1 aliphatic carbocycles. The summed E-state index contributed by atoms with van der Waals surface area (Å²) in [5.74, 6) is -0.507. The van der Waals surface area contributed by atoms with Crippen molar-refractivity contribution in [1.29, 1.82) is 0 Å². The largest absolute Gasteiger partial charge is 0.472 e. The minimum atomic E-state index is -5.03. The third-order valence-corrected chi connectivity index (χ3v) is 10.6. The number of rotatable bonds is 35. The van der Waals surface area contributed by atoms with E-state index >= 15 is 0 Å². The zero-order valence-electron chi connectivity index (χ0n) is 34.9. The van der Waals surface area contributed by atoms with E-state index < -0.39 is 63.1 Å². The Labute approximate surface area is 343 Å². The van der Waals surface area contributed by atoms with E-state index in [4.69, 9.17) is 18.5 Å². The smallest absolute Gasteiger partial charge is 0.457 e. The number of unbranched alkanes of at least 4 members (excludes halogenated alkanes) is 13. The van der Waals surface area contributed by atoms with Gasteiger partial charge in [0.2, 0.25) is 0 Å². The number of hydrogen-bond acceptors (Lipinski definition) is 11. The monoisotopic (exact) mass is 829 g/mol. The van der Waals surface area contributed by atoms with Crippen molar-refractivity contribution in [3.63, 3.8) is 0 Å². The SMILES string of the molecule is CC/C=C\C/C=C\C/C=C\C/C=C\CCCOCC(COP(=O)(O)OC1C(O)C(O)C(O)C(O)C1O)OC(=O)CCCCCCC/C=C\CCCCCCCCC. The molecule has 0 amide bonds. The maximum absolute atomic E-state index is 12.8. The van der Waals surface area contributed by atoms with Crippen LogP contribution in [0.2, 0.25) is 0 Å². The number of aliphatic hydroxyl groups excluding tert-OH is 5. The Hall–Kier alpha value is -1.96. The summed E-state index contributed by atoms with van der Waals surface area (Å²) in [7, 11) is -5.03. The molecule has 0 aliphatic heterocycles. The van der Waals surface area contributed by atoms with Gasteiger partial charge in [0.25, 0.3) is 0 Å². The molecule has 0 radical (unpaired) electrons. The third kappa shape index (κ3) is 27.4. The first-order valence-corrected chi connectivity index (χ1v) is 23.1. The van der Waals surface area contributed by atoms with E-state index in [9.17, 15) is 39.8 Å². The van der Waals surface area contributed by atoms with Gasteiger partial charge in [0.15, 0.2) is 0 Å². The molecular weight excluding hydrogens is 751 g/mol. The van der Waals surface area contributed by atoms with E-state index in [-0.39, 0.29) is 13.0 Å². The minimum absolute atomic E-state index is 0.120. The van der Waals surface area contributed by atoms with Crippen LogP contribution in [0.4, 0.5) is 0 Å². The summed E-state index contributed by atoms with van der Waals surface area (Å²) in [4.78, 5) is 23.1. The number of carbonyl (C=O) groups is 1. The number of allylic oxidation sites excluding steroid dienone is 10. The number of esters is 1. The molecule has 0 bridgehead atoms. The molecule has 0 spiro atoms. The second-order valence-corrected chi connectivity index (χ2v) is 16.2. The van der Waals surface area contributed by atoms with Crippen molar-refractivity contribution < 1.29 is 58.3 Å². The normalized spacial score (nSPS) is 23.4. The van der Waals surface area contributed by atoms with Gasteiger partial charge in [-0.15, -0.1) is 0 Å². The Bertz CT molecular complexity index is 1170. The van der Waals surface area contributed by atoms with Gasteiger partial charge in [-0.2, -0.15) is 0 Å². The molecule has 330 valence electrons. The average molecular weight is 829 g/mol. The van der Waals surface area contributed by atoms with Crippen LogP contribution in [0.1, 0.15) is 149 Å².